The summed E-state index contributed by atoms with van der Waals surface area (Å²) in [5, 5.41) is 10.8. The number of nitrogens with zero attached hydrogens (tertiary/aromatic N) is 3. The van der Waals surface area contributed by atoms with Crippen LogP contribution in [0.25, 0.3) is 5.65 Å². The van der Waals surface area contributed by atoms with Gasteiger partial charge in [0.2, 0.25) is 0 Å². The van der Waals surface area contributed by atoms with Crippen molar-refractivity contribution in [2.45, 2.75) is 38.4 Å². The van der Waals surface area contributed by atoms with Crippen LogP contribution in [-0.2, 0) is 13.1 Å². The van der Waals surface area contributed by atoms with Gasteiger partial charge in [-0.3, -0.25) is 14.8 Å². The molecule has 2 fully saturated rings. The maximum atomic E-state index is 12.3. The average molecular weight is 369 g/mol. The van der Waals surface area contributed by atoms with E-state index in [9.17, 15) is 4.79 Å². The summed E-state index contributed by atoms with van der Waals surface area (Å²) < 4.78 is 1.48. The van der Waals surface area contributed by atoms with E-state index in [0.717, 1.165) is 31.9 Å². The van der Waals surface area contributed by atoms with E-state index in [0.29, 0.717) is 17.1 Å². The molecule has 0 amide bonds. The van der Waals surface area contributed by atoms with Crippen LogP contribution in [0.4, 0.5) is 0 Å². The van der Waals surface area contributed by atoms with Gasteiger partial charge < -0.3 is 5.32 Å². The van der Waals surface area contributed by atoms with Crippen molar-refractivity contribution in [1.29, 1.82) is 0 Å². The minimum atomic E-state index is -0.0436. The highest BCUT2D eigenvalue weighted by Gasteiger charge is 2.56. The molecule has 1 saturated carbocycles. The summed E-state index contributed by atoms with van der Waals surface area (Å²) in [5.74, 6) is 0. The fraction of sp³-hybridized carbons (Fsp3) is 0.474. The van der Waals surface area contributed by atoms with Gasteiger partial charge in [-0.2, -0.15) is 11.3 Å². The van der Waals surface area contributed by atoms with Gasteiger partial charge >= 0.3 is 0 Å². The molecule has 1 saturated heterocycles. The maximum Gasteiger partial charge on any atom is 0.272 e. The van der Waals surface area contributed by atoms with E-state index < -0.39 is 0 Å². The molecule has 5 rings (SSSR count). The number of aromatic nitrogens is 3. The van der Waals surface area contributed by atoms with Gasteiger partial charge in [-0.25, -0.2) is 9.50 Å². The van der Waals surface area contributed by atoms with Gasteiger partial charge in [-0.05, 0) is 60.2 Å². The van der Waals surface area contributed by atoms with E-state index in [2.05, 4.69) is 37.1 Å². The van der Waals surface area contributed by atoms with Crippen molar-refractivity contribution in [2.75, 3.05) is 13.1 Å². The van der Waals surface area contributed by atoms with Crippen molar-refractivity contribution in [3.63, 3.8) is 0 Å². The molecule has 4 heterocycles. The molecule has 3 aromatic rings. The number of thiophene rings is 1. The summed E-state index contributed by atoms with van der Waals surface area (Å²) in [6, 6.07) is 6.31. The first-order chi connectivity index (χ1) is 12.7. The monoisotopic (exact) mass is 369 g/mol. The van der Waals surface area contributed by atoms with Gasteiger partial charge in [0.05, 0.1) is 5.69 Å². The zero-order valence-electron chi connectivity index (χ0n) is 14.6. The number of fused-ring (bicyclic) bond motifs is 1. The van der Waals surface area contributed by atoms with Crippen LogP contribution in [0.1, 0.15) is 30.5 Å². The van der Waals surface area contributed by atoms with E-state index >= 15 is 0 Å². The first-order valence-corrected chi connectivity index (χ1v) is 10.2. The summed E-state index contributed by atoms with van der Waals surface area (Å²) >= 11 is 1.74. The summed E-state index contributed by atoms with van der Waals surface area (Å²) in [6.07, 6.45) is 5.53. The van der Waals surface area contributed by atoms with E-state index in [1.54, 1.807) is 23.6 Å². The van der Waals surface area contributed by atoms with E-state index in [1.807, 2.05) is 6.07 Å². The Morgan fingerprint density at radius 1 is 1.31 bits per heavy atom. The lowest BCUT2D eigenvalue weighted by atomic mass is 9.93. The number of aromatic amines is 1. The molecule has 0 radical (unpaired) electrons. The van der Waals surface area contributed by atoms with Crippen molar-refractivity contribution >= 4 is 17.0 Å². The molecule has 1 spiro atoms. The highest BCUT2D eigenvalue weighted by atomic mass is 32.1. The Morgan fingerprint density at radius 2 is 2.19 bits per heavy atom. The molecule has 1 aliphatic heterocycles. The zero-order chi connectivity index (χ0) is 17.6. The molecule has 7 heteroatoms. The third kappa shape index (κ3) is 2.90. The van der Waals surface area contributed by atoms with Crippen LogP contribution >= 0.6 is 11.3 Å². The second kappa shape index (κ2) is 6.33. The van der Waals surface area contributed by atoms with Crippen LogP contribution in [-0.4, -0.2) is 38.6 Å². The number of hydrogen-bond acceptors (Lipinski definition) is 5. The highest BCUT2D eigenvalue weighted by Crippen LogP contribution is 2.56. The van der Waals surface area contributed by atoms with Crippen molar-refractivity contribution in [3.05, 3.63) is 56.8 Å². The van der Waals surface area contributed by atoms with E-state index in [-0.39, 0.29) is 5.56 Å². The Bertz CT molecular complexity index is 954. The first-order valence-electron chi connectivity index (χ1n) is 9.25. The third-order valence-electron chi connectivity index (χ3n) is 5.95. The molecule has 2 N–H and O–H groups in total. The molecule has 0 aromatic carbocycles. The minimum absolute atomic E-state index is 0.0436. The molecule has 0 unspecified atom stereocenters. The average Bonchev–Trinajstić information content (AvgIpc) is 3.03. The Balaban J connectivity index is 1.42. The standard InChI is InChI=1S/C19H23N5OS/c25-18-9-15(22-17-1-5-21-24(17)18)12-23(11-14-2-8-26-13-14)16-10-19(16)3-6-20-7-4-19/h1-2,5,8-9,13,16,20-21H,3-4,6-7,10-12H2/t16-/m1/s1. The van der Waals surface area contributed by atoms with Crippen LogP contribution in [0.15, 0.2) is 40.0 Å². The first kappa shape index (κ1) is 16.2. The van der Waals surface area contributed by atoms with Gasteiger partial charge in [0.15, 0.2) is 5.65 Å². The summed E-state index contributed by atoms with van der Waals surface area (Å²) in [5.41, 5.74) is 3.33. The van der Waals surface area contributed by atoms with Crippen LogP contribution < -0.4 is 10.9 Å². The van der Waals surface area contributed by atoms with Gasteiger partial charge in [-0.1, -0.05) is 0 Å². The predicted molar refractivity (Wildman–Crippen MR) is 102 cm³/mol. The molecule has 3 aromatic heterocycles. The molecule has 26 heavy (non-hydrogen) atoms. The number of hydrogen-bond donors (Lipinski definition) is 2. The Kier molecular flexibility index (Phi) is 3.95. The Labute approximate surface area is 155 Å². The quantitative estimate of drug-likeness (QED) is 0.724. The molecule has 6 nitrogen and oxygen atoms in total. The summed E-state index contributed by atoms with van der Waals surface area (Å²) in [7, 11) is 0. The lowest BCUT2D eigenvalue weighted by Crippen LogP contribution is -2.36. The highest BCUT2D eigenvalue weighted by molar-refractivity contribution is 7.07. The molecule has 136 valence electrons. The topological polar surface area (TPSA) is 65.4 Å². The molecule has 1 aliphatic carbocycles. The third-order valence-corrected chi connectivity index (χ3v) is 6.68. The molecule has 2 aliphatic rings. The SMILES string of the molecule is O=c1cc(CN(Cc2ccsc2)[C@@H]2CC23CCNCC3)nc2cc[nH]n12. The van der Waals surface area contributed by atoms with Gasteiger partial charge in [0.1, 0.15) is 0 Å². The Hall–Kier alpha value is -1.96. The number of H-pyrrole nitrogens is 1. The van der Waals surface area contributed by atoms with Crippen LogP contribution in [0.3, 0.4) is 0 Å². The fourth-order valence-corrected chi connectivity index (χ4v) is 5.12. The maximum absolute atomic E-state index is 12.3. The molecule has 1 atom stereocenters. The molecular formula is C19H23N5OS. The lowest BCUT2D eigenvalue weighted by molar-refractivity contribution is 0.186. The second-order valence-corrected chi connectivity index (χ2v) is 8.39. The van der Waals surface area contributed by atoms with Crippen LogP contribution in [0, 0.1) is 5.41 Å². The second-order valence-electron chi connectivity index (χ2n) is 7.61. The summed E-state index contributed by atoms with van der Waals surface area (Å²) in [6.45, 7) is 3.90. The van der Waals surface area contributed by atoms with Crippen LogP contribution in [0.5, 0.6) is 0 Å². The number of nitrogens with one attached hydrogen (secondary N) is 2. The molecule has 0 bridgehead atoms. The van der Waals surface area contributed by atoms with Gasteiger partial charge in [-0.15, -0.1) is 0 Å². The van der Waals surface area contributed by atoms with Crippen LogP contribution in [0.2, 0.25) is 0 Å². The predicted octanol–water partition coefficient (Wildman–Crippen LogP) is 2.23. The van der Waals surface area contributed by atoms with Crippen molar-refractivity contribution in [2.24, 2.45) is 5.41 Å². The van der Waals surface area contributed by atoms with Gasteiger partial charge in [0, 0.05) is 37.5 Å². The smallest absolute Gasteiger partial charge is 0.272 e. The fourth-order valence-electron chi connectivity index (χ4n) is 4.46. The Morgan fingerprint density at radius 3 is 3.00 bits per heavy atom. The summed E-state index contributed by atoms with van der Waals surface area (Å²) in [4.78, 5) is 19.5. The lowest BCUT2D eigenvalue weighted by Gasteiger charge is -2.29. The normalized spacial score (nSPS) is 21.7. The van der Waals surface area contributed by atoms with E-state index in [1.165, 1.54) is 29.3 Å². The largest absolute Gasteiger partial charge is 0.317 e. The number of piperidine rings is 1. The van der Waals surface area contributed by atoms with E-state index in [4.69, 9.17) is 0 Å². The zero-order valence-corrected chi connectivity index (χ0v) is 15.5. The van der Waals surface area contributed by atoms with Crippen molar-refractivity contribution < 1.29 is 0 Å². The molecular weight excluding hydrogens is 346 g/mol. The van der Waals surface area contributed by atoms with Crippen molar-refractivity contribution in [3.8, 4) is 0 Å². The minimum Gasteiger partial charge on any atom is -0.317 e. The van der Waals surface area contributed by atoms with Crippen molar-refractivity contribution in [1.82, 2.24) is 24.8 Å². The number of rotatable bonds is 5. The van der Waals surface area contributed by atoms with Gasteiger partial charge in [0.25, 0.3) is 5.56 Å².